The maximum Gasteiger partial charge on any atom is 0.187 e. The van der Waals surface area contributed by atoms with Crippen molar-refractivity contribution in [3.8, 4) is 0 Å². The van der Waals surface area contributed by atoms with Gasteiger partial charge >= 0.3 is 0 Å². The molecule has 0 fully saturated rings. The van der Waals surface area contributed by atoms with Crippen LogP contribution in [-0.2, 0) is 19.2 Å². The summed E-state index contributed by atoms with van der Waals surface area (Å²) in [7, 11) is 0. The molecule has 4 bridgehead atoms. The van der Waals surface area contributed by atoms with Gasteiger partial charge in [-0.25, -0.2) is 0 Å². The molecule has 0 saturated carbocycles. The van der Waals surface area contributed by atoms with E-state index in [2.05, 4.69) is 24.3 Å². The van der Waals surface area contributed by atoms with E-state index in [4.69, 9.17) is 0 Å². The second-order valence-electron chi connectivity index (χ2n) is 10.8. The molecule has 178 valence electrons. The molecule has 0 heterocycles. The van der Waals surface area contributed by atoms with Crippen molar-refractivity contribution in [2.45, 2.75) is 23.7 Å². The molecule has 11 rings (SSSR count). The van der Waals surface area contributed by atoms with Gasteiger partial charge in [0.05, 0.1) is 0 Å². The summed E-state index contributed by atoms with van der Waals surface area (Å²) in [5, 5.41) is 0. The Balaban J connectivity index is 1.34. The molecular formula is C34H18O4. The van der Waals surface area contributed by atoms with Crippen LogP contribution in [0.2, 0.25) is 0 Å². The highest BCUT2D eigenvalue weighted by molar-refractivity contribution is 6.33. The van der Waals surface area contributed by atoms with Gasteiger partial charge in [-0.05, 0) is 45.5 Å². The summed E-state index contributed by atoms with van der Waals surface area (Å²) in [5.74, 6) is -2.90. The van der Waals surface area contributed by atoms with Crippen molar-refractivity contribution < 1.29 is 19.2 Å². The predicted octanol–water partition coefficient (Wildman–Crippen LogP) is 4.92. The summed E-state index contributed by atoms with van der Waals surface area (Å²) in [6.45, 7) is 0. The first-order chi connectivity index (χ1) is 18.6. The number of carbonyl (C=O) groups is 4. The van der Waals surface area contributed by atoms with Gasteiger partial charge in [0.2, 0.25) is 0 Å². The Morgan fingerprint density at radius 3 is 0.921 bits per heavy atom. The second kappa shape index (κ2) is 6.59. The lowest BCUT2D eigenvalue weighted by Gasteiger charge is -2.49. The Labute approximate surface area is 217 Å². The topological polar surface area (TPSA) is 68.3 Å². The van der Waals surface area contributed by atoms with E-state index in [0.29, 0.717) is 33.4 Å². The smallest absolute Gasteiger partial charge is 0.187 e. The number of hydrogen-bond donors (Lipinski definition) is 0. The largest absolute Gasteiger partial charge is 0.290 e. The molecule has 0 radical (unpaired) electrons. The van der Waals surface area contributed by atoms with Crippen LogP contribution < -0.4 is 0 Å². The minimum Gasteiger partial charge on any atom is -0.290 e. The Hall–Kier alpha value is -4.70. The fraction of sp³-hybridized carbons (Fsp3) is 0.118. The number of ketones is 4. The first-order valence-corrected chi connectivity index (χ1v) is 12.9. The monoisotopic (exact) mass is 490 g/mol. The van der Waals surface area contributed by atoms with Gasteiger partial charge in [0, 0.05) is 57.1 Å². The molecule has 0 aliphatic heterocycles. The number of hydrogen-bond acceptors (Lipinski definition) is 4. The van der Waals surface area contributed by atoms with E-state index in [1.807, 2.05) is 48.5 Å². The molecule has 0 amide bonds. The SMILES string of the molecule is O=C1C=CC(=O)C2=C1C1C3=C(C(=O)C4=C(C3=O)C3c5ccccc5C4c4ccccc43)C2c2ccccc21. The molecule has 2 atom stereocenters. The molecule has 2 unspecified atom stereocenters. The Kier molecular flexibility index (Phi) is 3.53. The fourth-order valence-corrected chi connectivity index (χ4v) is 8.10. The molecule has 4 nitrogen and oxygen atoms in total. The number of carbonyl (C=O) groups excluding carboxylic acids is 4. The summed E-state index contributed by atoms with van der Waals surface area (Å²) in [5.41, 5.74) is 8.58. The molecule has 0 N–H and O–H groups in total. The zero-order chi connectivity index (χ0) is 25.4. The molecule has 38 heavy (non-hydrogen) atoms. The Morgan fingerprint density at radius 2 is 0.605 bits per heavy atom. The molecule has 3 aromatic carbocycles. The molecule has 8 aliphatic rings. The van der Waals surface area contributed by atoms with E-state index in [1.54, 1.807) is 0 Å². The highest BCUT2D eigenvalue weighted by Crippen LogP contribution is 2.64. The van der Waals surface area contributed by atoms with Crippen molar-refractivity contribution in [2.24, 2.45) is 0 Å². The van der Waals surface area contributed by atoms with Crippen LogP contribution in [0.5, 0.6) is 0 Å². The standard InChI is InChI=1S/C34H18O4/c35-21-13-14-22(36)28-26-20-12-6-5-11-19(20)25(27(21)28)31-32(26)34(38)30-24-16-8-2-1-7-15(16)23(29(30)33(31)37)17-9-3-4-10-18(17)24/h1-14,23-26H. The minimum atomic E-state index is -0.709. The molecule has 0 saturated heterocycles. The third kappa shape index (κ3) is 2.09. The van der Waals surface area contributed by atoms with Gasteiger partial charge in [-0.15, -0.1) is 0 Å². The van der Waals surface area contributed by atoms with Crippen molar-refractivity contribution in [1.82, 2.24) is 0 Å². The third-order valence-corrected chi connectivity index (χ3v) is 9.35. The van der Waals surface area contributed by atoms with E-state index in [0.717, 1.165) is 33.4 Å². The number of allylic oxidation sites excluding steroid dienone is 8. The van der Waals surface area contributed by atoms with Crippen LogP contribution in [0, 0.1) is 0 Å². The van der Waals surface area contributed by atoms with Gasteiger partial charge in [0.25, 0.3) is 0 Å². The lowest BCUT2D eigenvalue weighted by molar-refractivity contribution is -0.118. The van der Waals surface area contributed by atoms with E-state index in [-0.39, 0.29) is 35.0 Å². The molecule has 0 aromatic heterocycles. The van der Waals surface area contributed by atoms with Crippen molar-refractivity contribution in [1.29, 1.82) is 0 Å². The van der Waals surface area contributed by atoms with Gasteiger partial charge in [0.1, 0.15) is 0 Å². The van der Waals surface area contributed by atoms with E-state index < -0.39 is 11.8 Å². The maximum atomic E-state index is 14.7. The summed E-state index contributed by atoms with van der Waals surface area (Å²) in [6, 6.07) is 23.8. The van der Waals surface area contributed by atoms with Crippen molar-refractivity contribution in [3.05, 3.63) is 152 Å². The molecule has 8 aliphatic carbocycles. The predicted molar refractivity (Wildman–Crippen MR) is 139 cm³/mol. The molecular weight excluding hydrogens is 472 g/mol. The second-order valence-corrected chi connectivity index (χ2v) is 10.8. The third-order valence-electron chi connectivity index (χ3n) is 9.35. The van der Waals surface area contributed by atoms with Gasteiger partial charge in [-0.1, -0.05) is 72.8 Å². The summed E-state index contributed by atoms with van der Waals surface area (Å²) >= 11 is 0. The maximum absolute atomic E-state index is 14.7. The average molecular weight is 491 g/mol. The van der Waals surface area contributed by atoms with Crippen LogP contribution in [-0.4, -0.2) is 23.1 Å². The first kappa shape index (κ1) is 20.4. The van der Waals surface area contributed by atoms with Crippen LogP contribution in [0.4, 0.5) is 0 Å². The fourth-order valence-electron chi connectivity index (χ4n) is 8.10. The van der Waals surface area contributed by atoms with Crippen molar-refractivity contribution in [2.75, 3.05) is 0 Å². The summed E-state index contributed by atoms with van der Waals surface area (Å²) in [4.78, 5) is 55.9. The van der Waals surface area contributed by atoms with Crippen LogP contribution in [0.25, 0.3) is 0 Å². The van der Waals surface area contributed by atoms with Gasteiger partial charge in [-0.2, -0.15) is 0 Å². The van der Waals surface area contributed by atoms with Crippen LogP contribution >= 0.6 is 0 Å². The molecule has 3 aromatic rings. The quantitative estimate of drug-likeness (QED) is 0.420. The van der Waals surface area contributed by atoms with Crippen molar-refractivity contribution >= 4 is 23.1 Å². The summed E-state index contributed by atoms with van der Waals surface area (Å²) in [6.07, 6.45) is 2.61. The average Bonchev–Trinajstić information content (AvgIpc) is 2.96. The van der Waals surface area contributed by atoms with Crippen molar-refractivity contribution in [3.63, 3.8) is 0 Å². The normalized spacial score (nSPS) is 27.3. The Bertz CT molecular complexity index is 1730. The first-order valence-electron chi connectivity index (χ1n) is 12.9. The number of Topliss-reactive ketones (excluding diaryl/α,β-unsaturated/α-hetero) is 2. The van der Waals surface area contributed by atoms with E-state index in [9.17, 15) is 19.2 Å². The van der Waals surface area contributed by atoms with Gasteiger partial charge in [0.15, 0.2) is 23.1 Å². The van der Waals surface area contributed by atoms with E-state index >= 15 is 0 Å². The van der Waals surface area contributed by atoms with Crippen LogP contribution in [0.15, 0.2) is 118 Å². The van der Waals surface area contributed by atoms with Crippen LogP contribution in [0.3, 0.4) is 0 Å². The lowest BCUT2D eigenvalue weighted by atomic mass is 9.50. The Morgan fingerprint density at radius 1 is 0.342 bits per heavy atom. The zero-order valence-corrected chi connectivity index (χ0v) is 20.0. The minimum absolute atomic E-state index is 0.153. The lowest BCUT2D eigenvalue weighted by Crippen LogP contribution is -2.45. The van der Waals surface area contributed by atoms with Gasteiger partial charge < -0.3 is 0 Å². The van der Waals surface area contributed by atoms with Gasteiger partial charge in [-0.3, -0.25) is 19.2 Å². The van der Waals surface area contributed by atoms with Crippen LogP contribution in [0.1, 0.15) is 57.1 Å². The highest BCUT2D eigenvalue weighted by Gasteiger charge is 2.58. The zero-order valence-electron chi connectivity index (χ0n) is 20.0. The molecule has 4 heteroatoms. The molecule has 0 spiro atoms. The number of rotatable bonds is 0. The number of benzene rings is 3. The summed E-state index contributed by atoms with van der Waals surface area (Å²) < 4.78 is 0. The highest BCUT2D eigenvalue weighted by atomic mass is 16.1. The van der Waals surface area contributed by atoms with E-state index in [1.165, 1.54) is 12.2 Å².